The highest BCUT2D eigenvalue weighted by molar-refractivity contribution is 5.71. The van der Waals surface area contributed by atoms with E-state index in [-0.39, 0.29) is 0 Å². The van der Waals surface area contributed by atoms with Crippen molar-refractivity contribution in [2.75, 3.05) is 17.7 Å². The SMILES string of the molecule is CNc1cccc2c1CN2. The minimum atomic E-state index is 1.01. The Morgan fingerprint density at radius 2 is 2.40 bits per heavy atom. The van der Waals surface area contributed by atoms with Crippen LogP contribution in [0.1, 0.15) is 5.56 Å². The van der Waals surface area contributed by atoms with E-state index >= 15 is 0 Å². The van der Waals surface area contributed by atoms with Crippen molar-refractivity contribution in [1.29, 1.82) is 0 Å². The average molecular weight is 134 g/mol. The number of hydrogen-bond donors (Lipinski definition) is 2. The maximum Gasteiger partial charge on any atom is 0.0441 e. The molecule has 1 aliphatic rings. The predicted molar refractivity (Wildman–Crippen MR) is 43.3 cm³/mol. The predicted octanol–water partition coefficient (Wildman–Crippen LogP) is 1.65. The fraction of sp³-hybridized carbons (Fsp3) is 0.250. The summed E-state index contributed by atoms with van der Waals surface area (Å²) in [6.45, 7) is 1.01. The van der Waals surface area contributed by atoms with Crippen LogP contribution in [0.5, 0.6) is 0 Å². The van der Waals surface area contributed by atoms with E-state index < -0.39 is 0 Å². The van der Waals surface area contributed by atoms with Crippen LogP contribution in [0.2, 0.25) is 0 Å². The summed E-state index contributed by atoms with van der Waals surface area (Å²) < 4.78 is 0. The second kappa shape index (κ2) is 1.90. The van der Waals surface area contributed by atoms with E-state index in [9.17, 15) is 0 Å². The van der Waals surface area contributed by atoms with Crippen molar-refractivity contribution in [3.63, 3.8) is 0 Å². The second-order valence-corrected chi connectivity index (χ2v) is 2.44. The molecule has 0 amide bonds. The van der Waals surface area contributed by atoms with Crippen LogP contribution < -0.4 is 10.6 Å². The topological polar surface area (TPSA) is 24.1 Å². The van der Waals surface area contributed by atoms with E-state index in [1.54, 1.807) is 0 Å². The Morgan fingerprint density at radius 1 is 1.50 bits per heavy atom. The number of nitrogens with one attached hydrogen (secondary N) is 2. The largest absolute Gasteiger partial charge is 0.388 e. The zero-order chi connectivity index (χ0) is 6.97. The summed E-state index contributed by atoms with van der Waals surface area (Å²) in [7, 11) is 1.95. The van der Waals surface area contributed by atoms with Crippen molar-refractivity contribution in [1.82, 2.24) is 0 Å². The lowest BCUT2D eigenvalue weighted by atomic mass is 10.0. The van der Waals surface area contributed by atoms with Crippen LogP contribution in [0.4, 0.5) is 11.4 Å². The maximum atomic E-state index is 3.22. The van der Waals surface area contributed by atoms with Gasteiger partial charge in [-0.05, 0) is 12.1 Å². The molecule has 0 fully saturated rings. The smallest absolute Gasteiger partial charge is 0.0441 e. The molecule has 1 aromatic carbocycles. The lowest BCUT2D eigenvalue weighted by Crippen LogP contribution is -2.15. The fourth-order valence-corrected chi connectivity index (χ4v) is 1.25. The Bertz CT molecular complexity index is 255. The first kappa shape index (κ1) is 5.59. The molecule has 0 saturated heterocycles. The molecule has 0 aromatic heterocycles. The van der Waals surface area contributed by atoms with Crippen LogP contribution in [0, 0.1) is 0 Å². The number of anilines is 2. The molecular formula is C8H10N2. The molecule has 0 radical (unpaired) electrons. The van der Waals surface area contributed by atoms with E-state index in [1.807, 2.05) is 7.05 Å². The number of fused-ring (bicyclic) bond motifs is 1. The van der Waals surface area contributed by atoms with Gasteiger partial charge in [-0.3, -0.25) is 0 Å². The molecule has 52 valence electrons. The summed E-state index contributed by atoms with van der Waals surface area (Å²) >= 11 is 0. The lowest BCUT2D eigenvalue weighted by molar-refractivity contribution is 1.05. The molecule has 1 aliphatic heterocycles. The number of rotatable bonds is 1. The first-order chi connectivity index (χ1) is 4.92. The summed E-state index contributed by atoms with van der Waals surface area (Å²) in [6.07, 6.45) is 0. The minimum Gasteiger partial charge on any atom is -0.388 e. The first-order valence-electron chi connectivity index (χ1n) is 3.45. The Labute approximate surface area is 60.3 Å². The number of benzene rings is 1. The molecule has 0 saturated carbocycles. The maximum absolute atomic E-state index is 3.22. The van der Waals surface area contributed by atoms with Gasteiger partial charge in [0.25, 0.3) is 0 Å². The van der Waals surface area contributed by atoms with Gasteiger partial charge in [0.05, 0.1) is 0 Å². The van der Waals surface area contributed by atoms with Gasteiger partial charge in [-0.15, -0.1) is 0 Å². The number of hydrogen-bond acceptors (Lipinski definition) is 2. The molecule has 0 atom stereocenters. The third-order valence-corrected chi connectivity index (χ3v) is 1.90. The summed E-state index contributed by atoms with van der Waals surface area (Å²) in [5.74, 6) is 0. The molecule has 1 heterocycles. The van der Waals surface area contributed by atoms with Crippen LogP contribution in [-0.4, -0.2) is 7.05 Å². The van der Waals surface area contributed by atoms with Crippen molar-refractivity contribution in [3.05, 3.63) is 23.8 Å². The van der Waals surface area contributed by atoms with Crippen molar-refractivity contribution in [2.24, 2.45) is 0 Å². The Hall–Kier alpha value is -1.18. The van der Waals surface area contributed by atoms with Crippen molar-refractivity contribution in [2.45, 2.75) is 6.54 Å². The molecule has 1 aromatic rings. The van der Waals surface area contributed by atoms with Crippen molar-refractivity contribution >= 4 is 11.4 Å². The third-order valence-electron chi connectivity index (χ3n) is 1.90. The van der Waals surface area contributed by atoms with Gasteiger partial charge in [0.2, 0.25) is 0 Å². The molecule has 0 aliphatic carbocycles. The van der Waals surface area contributed by atoms with E-state index in [0.717, 1.165) is 6.54 Å². The van der Waals surface area contributed by atoms with Gasteiger partial charge in [-0.25, -0.2) is 0 Å². The van der Waals surface area contributed by atoms with Gasteiger partial charge in [0.15, 0.2) is 0 Å². The van der Waals surface area contributed by atoms with Gasteiger partial charge in [0, 0.05) is 30.5 Å². The zero-order valence-corrected chi connectivity index (χ0v) is 5.94. The van der Waals surface area contributed by atoms with Gasteiger partial charge in [-0.1, -0.05) is 6.07 Å². The van der Waals surface area contributed by atoms with Crippen LogP contribution in [0.3, 0.4) is 0 Å². The van der Waals surface area contributed by atoms with E-state index in [4.69, 9.17) is 0 Å². The van der Waals surface area contributed by atoms with Crippen LogP contribution in [0.15, 0.2) is 18.2 Å². The highest BCUT2D eigenvalue weighted by atomic mass is 15.0. The fourth-order valence-electron chi connectivity index (χ4n) is 1.25. The van der Waals surface area contributed by atoms with Crippen LogP contribution >= 0.6 is 0 Å². The Balaban J connectivity index is 2.51. The zero-order valence-electron chi connectivity index (χ0n) is 5.94. The minimum absolute atomic E-state index is 1.01. The first-order valence-corrected chi connectivity index (χ1v) is 3.45. The molecule has 2 heteroatoms. The molecule has 2 N–H and O–H groups in total. The summed E-state index contributed by atoms with van der Waals surface area (Å²) in [5, 5.41) is 6.37. The molecule has 2 rings (SSSR count). The Kier molecular flexibility index (Phi) is 1.07. The summed E-state index contributed by atoms with van der Waals surface area (Å²) in [6, 6.07) is 6.25. The van der Waals surface area contributed by atoms with Crippen LogP contribution in [0.25, 0.3) is 0 Å². The lowest BCUT2D eigenvalue weighted by Gasteiger charge is -2.24. The van der Waals surface area contributed by atoms with Gasteiger partial charge >= 0.3 is 0 Å². The normalized spacial score (nSPS) is 12.9. The molecule has 0 unspecified atom stereocenters. The highest BCUT2D eigenvalue weighted by Crippen LogP contribution is 2.31. The van der Waals surface area contributed by atoms with Gasteiger partial charge < -0.3 is 10.6 Å². The van der Waals surface area contributed by atoms with Crippen LogP contribution in [-0.2, 0) is 6.54 Å². The van der Waals surface area contributed by atoms with E-state index in [2.05, 4.69) is 28.8 Å². The third kappa shape index (κ3) is 0.588. The van der Waals surface area contributed by atoms with Crippen molar-refractivity contribution in [3.8, 4) is 0 Å². The van der Waals surface area contributed by atoms with E-state index in [1.165, 1.54) is 16.9 Å². The average Bonchev–Trinajstić information content (AvgIpc) is 1.91. The molecule has 10 heavy (non-hydrogen) atoms. The quantitative estimate of drug-likeness (QED) is 0.610. The van der Waals surface area contributed by atoms with Gasteiger partial charge in [0.1, 0.15) is 0 Å². The molecule has 0 bridgehead atoms. The molecular weight excluding hydrogens is 124 g/mol. The standard InChI is InChI=1S/C8H10N2/c1-9-7-3-2-4-8-6(7)5-10-8/h2-4,9-10H,5H2,1H3. The Morgan fingerprint density at radius 3 is 2.90 bits per heavy atom. The summed E-state index contributed by atoms with van der Waals surface area (Å²) in [4.78, 5) is 0. The van der Waals surface area contributed by atoms with Gasteiger partial charge in [-0.2, -0.15) is 0 Å². The second-order valence-electron chi connectivity index (χ2n) is 2.44. The molecule has 2 nitrogen and oxygen atoms in total. The summed E-state index contributed by atoms with van der Waals surface area (Å²) in [5.41, 5.74) is 3.92. The monoisotopic (exact) mass is 134 g/mol. The van der Waals surface area contributed by atoms with E-state index in [0.29, 0.717) is 0 Å². The molecule has 0 spiro atoms. The highest BCUT2D eigenvalue weighted by Gasteiger charge is 2.13. The van der Waals surface area contributed by atoms with Crippen molar-refractivity contribution < 1.29 is 0 Å².